The molecule has 1 aromatic heterocycles. The molecule has 0 saturated heterocycles. The third-order valence-electron chi connectivity index (χ3n) is 5.30. The van der Waals surface area contributed by atoms with Gasteiger partial charge in [0.05, 0.1) is 24.3 Å². The van der Waals surface area contributed by atoms with Crippen molar-refractivity contribution in [2.24, 2.45) is 0 Å². The minimum absolute atomic E-state index is 0.0564. The molecule has 3 rings (SSSR count). The number of nitrogens with zero attached hydrogens (tertiary/aromatic N) is 2. The van der Waals surface area contributed by atoms with Crippen molar-refractivity contribution in [2.45, 2.75) is 13.0 Å². The number of amides is 1. The molecule has 11 heteroatoms. The number of nitriles is 1. The van der Waals surface area contributed by atoms with Gasteiger partial charge in [-0.25, -0.2) is 4.79 Å². The van der Waals surface area contributed by atoms with Crippen LogP contribution in [0.25, 0.3) is 11.6 Å². The SMILES string of the molecule is COCCCn1c(=C(C#N)C(=O)Nc2ccc(C(=O)O)cc2)s/c(=C/c2cccc(OC)c2OC)c1=O. The maximum atomic E-state index is 13.4. The fourth-order valence-corrected chi connectivity index (χ4v) is 4.64. The molecular weight excluding hydrogens is 498 g/mol. The van der Waals surface area contributed by atoms with Gasteiger partial charge in [0.25, 0.3) is 11.5 Å². The number of hydrogen-bond donors (Lipinski definition) is 2. The number of nitrogens with one attached hydrogen (secondary N) is 1. The van der Waals surface area contributed by atoms with Crippen LogP contribution < -0.4 is 29.5 Å². The highest BCUT2D eigenvalue weighted by molar-refractivity contribution is 7.07. The first-order chi connectivity index (χ1) is 17.8. The maximum Gasteiger partial charge on any atom is 0.335 e. The summed E-state index contributed by atoms with van der Waals surface area (Å²) in [5.74, 6) is -0.890. The highest BCUT2D eigenvalue weighted by Gasteiger charge is 2.17. The summed E-state index contributed by atoms with van der Waals surface area (Å²) in [6.07, 6.45) is 2.11. The van der Waals surface area contributed by atoms with E-state index in [9.17, 15) is 19.6 Å². The molecule has 0 aliphatic heterocycles. The zero-order chi connectivity index (χ0) is 26.9. The summed E-state index contributed by atoms with van der Waals surface area (Å²) in [4.78, 5) is 37.5. The van der Waals surface area contributed by atoms with E-state index in [1.165, 1.54) is 43.1 Å². The summed E-state index contributed by atoms with van der Waals surface area (Å²) in [5, 5.41) is 21.5. The predicted octanol–water partition coefficient (Wildman–Crippen LogP) is 1.80. The number of ether oxygens (including phenoxy) is 3. The molecule has 37 heavy (non-hydrogen) atoms. The number of benzene rings is 2. The van der Waals surface area contributed by atoms with Crippen molar-refractivity contribution in [3.8, 4) is 17.6 Å². The molecule has 0 aliphatic rings. The average molecular weight is 524 g/mol. The zero-order valence-electron chi connectivity index (χ0n) is 20.4. The zero-order valence-corrected chi connectivity index (χ0v) is 21.3. The van der Waals surface area contributed by atoms with Crippen LogP contribution in [0, 0.1) is 11.3 Å². The molecule has 0 radical (unpaired) electrons. The van der Waals surface area contributed by atoms with E-state index in [1.807, 2.05) is 6.07 Å². The molecule has 10 nitrogen and oxygen atoms in total. The largest absolute Gasteiger partial charge is 0.493 e. The molecule has 2 aromatic carbocycles. The van der Waals surface area contributed by atoms with E-state index in [1.54, 1.807) is 31.4 Å². The number of carbonyl (C=O) groups excluding carboxylic acids is 1. The van der Waals surface area contributed by atoms with Crippen molar-refractivity contribution in [1.82, 2.24) is 4.57 Å². The monoisotopic (exact) mass is 523 g/mol. The number of carboxylic acid groups (broad SMARTS) is 1. The normalized spacial score (nSPS) is 12.0. The Kier molecular flexibility index (Phi) is 9.21. The summed E-state index contributed by atoms with van der Waals surface area (Å²) in [5.41, 5.74) is 0.338. The van der Waals surface area contributed by atoms with E-state index < -0.39 is 11.9 Å². The number of thiazole rings is 1. The highest BCUT2D eigenvalue weighted by atomic mass is 32.1. The quantitative estimate of drug-likeness (QED) is 0.384. The Hall–Kier alpha value is -4.40. The maximum absolute atomic E-state index is 13.4. The van der Waals surface area contributed by atoms with Gasteiger partial charge in [-0.15, -0.1) is 11.3 Å². The number of aromatic nitrogens is 1. The Labute approximate surface area is 216 Å². The summed E-state index contributed by atoms with van der Waals surface area (Å²) in [6.45, 7) is 0.613. The number of anilines is 1. The molecule has 0 atom stereocenters. The van der Waals surface area contributed by atoms with Gasteiger partial charge < -0.3 is 24.6 Å². The first-order valence-corrected chi connectivity index (χ1v) is 11.9. The molecule has 2 N–H and O–H groups in total. The molecular formula is C26H25N3O7S. The third-order valence-corrected chi connectivity index (χ3v) is 6.43. The van der Waals surface area contributed by atoms with Crippen molar-refractivity contribution >= 4 is 40.5 Å². The Morgan fingerprint density at radius 2 is 1.86 bits per heavy atom. The minimum atomic E-state index is -1.10. The van der Waals surface area contributed by atoms with Crippen LogP contribution >= 0.6 is 11.3 Å². The first kappa shape index (κ1) is 27.2. The highest BCUT2D eigenvalue weighted by Crippen LogP contribution is 2.30. The number of hydrogen-bond acceptors (Lipinski definition) is 8. The van der Waals surface area contributed by atoms with Crippen molar-refractivity contribution < 1.29 is 28.9 Å². The molecule has 0 saturated carbocycles. The van der Waals surface area contributed by atoms with Gasteiger partial charge in [0.1, 0.15) is 10.7 Å². The second kappa shape index (κ2) is 12.5. The van der Waals surface area contributed by atoms with Crippen LogP contribution in [0.5, 0.6) is 11.5 Å². The predicted molar refractivity (Wildman–Crippen MR) is 138 cm³/mol. The van der Waals surface area contributed by atoms with Gasteiger partial charge >= 0.3 is 5.97 Å². The van der Waals surface area contributed by atoms with Crippen LogP contribution in [-0.4, -0.2) is 49.5 Å². The molecule has 0 aliphatic carbocycles. The van der Waals surface area contributed by atoms with Gasteiger partial charge in [-0.05, 0) is 42.8 Å². The van der Waals surface area contributed by atoms with Crippen LogP contribution in [0.4, 0.5) is 5.69 Å². The van der Waals surface area contributed by atoms with Crippen LogP contribution in [0.3, 0.4) is 0 Å². The molecule has 192 valence electrons. The number of rotatable bonds is 10. The van der Waals surface area contributed by atoms with Gasteiger partial charge in [0.15, 0.2) is 17.1 Å². The lowest BCUT2D eigenvalue weighted by molar-refractivity contribution is -0.111. The van der Waals surface area contributed by atoms with E-state index in [-0.39, 0.29) is 27.9 Å². The fraction of sp³-hybridized carbons (Fsp3) is 0.231. The number of para-hydroxylation sites is 1. The Morgan fingerprint density at radius 3 is 2.46 bits per heavy atom. The van der Waals surface area contributed by atoms with E-state index in [4.69, 9.17) is 19.3 Å². The number of aromatic carboxylic acids is 1. The third kappa shape index (κ3) is 6.24. The van der Waals surface area contributed by atoms with Crippen molar-refractivity contribution in [3.05, 3.63) is 73.1 Å². The van der Waals surface area contributed by atoms with Gasteiger partial charge in [-0.1, -0.05) is 12.1 Å². The number of methoxy groups -OCH3 is 3. The van der Waals surface area contributed by atoms with E-state index in [0.717, 1.165) is 11.3 Å². The minimum Gasteiger partial charge on any atom is -0.493 e. The molecule has 0 spiro atoms. The average Bonchev–Trinajstić information content (AvgIpc) is 3.19. The molecule has 3 aromatic rings. The Morgan fingerprint density at radius 1 is 1.14 bits per heavy atom. The second-order valence-corrected chi connectivity index (χ2v) is 8.66. The van der Waals surface area contributed by atoms with E-state index >= 15 is 0 Å². The van der Waals surface area contributed by atoms with Crippen LogP contribution in [0.1, 0.15) is 22.3 Å². The van der Waals surface area contributed by atoms with Gasteiger partial charge in [0, 0.05) is 31.5 Å². The van der Waals surface area contributed by atoms with Gasteiger partial charge in [0.2, 0.25) is 0 Å². The number of carboxylic acids is 1. The summed E-state index contributed by atoms with van der Waals surface area (Å²) >= 11 is 1.01. The lowest BCUT2D eigenvalue weighted by Crippen LogP contribution is -2.34. The summed E-state index contributed by atoms with van der Waals surface area (Å²) in [7, 11) is 4.55. The van der Waals surface area contributed by atoms with Crippen LogP contribution in [0.15, 0.2) is 47.3 Å². The lowest BCUT2D eigenvalue weighted by atomic mass is 10.2. The Balaban J connectivity index is 2.15. The molecule has 0 bridgehead atoms. The van der Waals surface area contributed by atoms with Crippen LogP contribution in [0.2, 0.25) is 0 Å². The van der Waals surface area contributed by atoms with E-state index in [2.05, 4.69) is 5.32 Å². The lowest BCUT2D eigenvalue weighted by Gasteiger charge is -2.09. The second-order valence-electron chi connectivity index (χ2n) is 7.63. The first-order valence-electron chi connectivity index (χ1n) is 11.0. The molecule has 0 unspecified atom stereocenters. The van der Waals surface area contributed by atoms with Crippen molar-refractivity contribution in [1.29, 1.82) is 5.26 Å². The van der Waals surface area contributed by atoms with Crippen molar-refractivity contribution in [2.75, 3.05) is 33.3 Å². The molecule has 1 heterocycles. The smallest absolute Gasteiger partial charge is 0.335 e. The summed E-state index contributed by atoms with van der Waals surface area (Å²) in [6, 6.07) is 12.7. The molecule has 0 fully saturated rings. The topological polar surface area (TPSA) is 140 Å². The van der Waals surface area contributed by atoms with Crippen LogP contribution in [-0.2, 0) is 16.1 Å². The molecule has 1 amide bonds. The van der Waals surface area contributed by atoms with Gasteiger partial charge in [-0.3, -0.25) is 14.2 Å². The standard InChI is InChI=1S/C26H25N3O7S/c1-34-13-5-12-29-24(31)21(14-17-6-4-7-20(35-2)22(17)36-3)37-25(29)19(15-27)23(30)28-18-10-8-16(9-11-18)26(32)33/h4,6-11,14H,5,12-13H2,1-3H3,(H,28,30)(H,32,33)/b21-14+,25-19?. The number of carbonyl (C=O) groups is 2. The van der Waals surface area contributed by atoms with Crippen molar-refractivity contribution in [3.63, 3.8) is 0 Å². The summed E-state index contributed by atoms with van der Waals surface area (Å²) < 4.78 is 17.8. The fourth-order valence-electron chi connectivity index (χ4n) is 3.53. The van der Waals surface area contributed by atoms with E-state index in [0.29, 0.717) is 40.3 Å². The van der Waals surface area contributed by atoms with Gasteiger partial charge in [-0.2, -0.15) is 5.26 Å². The Bertz CT molecular complexity index is 1520.